The lowest BCUT2D eigenvalue weighted by Crippen LogP contribution is -2.57. The number of rotatable bonds is 2. The number of benzene rings is 2. The van der Waals surface area contributed by atoms with E-state index in [1.807, 2.05) is 24.3 Å². The number of likely N-dealkylation sites (tertiary alicyclic amines) is 1. The van der Waals surface area contributed by atoms with Gasteiger partial charge in [-0.15, -0.1) is 0 Å². The summed E-state index contributed by atoms with van der Waals surface area (Å²) in [4.78, 5) is 45.3. The highest BCUT2D eigenvalue weighted by molar-refractivity contribution is 6.17. The Kier molecular flexibility index (Phi) is 4.59. The summed E-state index contributed by atoms with van der Waals surface area (Å²) in [5, 5.41) is 11.0. The second-order valence-electron chi connectivity index (χ2n) is 9.72. The summed E-state index contributed by atoms with van der Waals surface area (Å²) in [6.45, 7) is 0.924. The van der Waals surface area contributed by atoms with Gasteiger partial charge >= 0.3 is 0 Å². The fourth-order valence-corrected chi connectivity index (χ4v) is 6.18. The molecule has 7 nitrogen and oxygen atoms in total. The Bertz CT molecular complexity index is 1160. The molecule has 1 N–H and O–H groups in total. The summed E-state index contributed by atoms with van der Waals surface area (Å²) < 4.78 is 0. The molecule has 3 aliphatic heterocycles. The molecule has 1 aliphatic carbocycles. The van der Waals surface area contributed by atoms with Gasteiger partial charge in [0, 0.05) is 30.1 Å². The van der Waals surface area contributed by atoms with Crippen LogP contribution in [-0.4, -0.2) is 57.9 Å². The maximum absolute atomic E-state index is 13.6. The molecule has 1 saturated heterocycles. The Balaban J connectivity index is 1.32. The van der Waals surface area contributed by atoms with Crippen LogP contribution in [0.3, 0.4) is 0 Å². The number of amides is 3. The number of hydrogen-bond acceptors (Lipinski definition) is 4. The van der Waals surface area contributed by atoms with Crippen LogP contribution in [-0.2, 0) is 4.79 Å². The summed E-state index contributed by atoms with van der Waals surface area (Å²) >= 11 is 0. The van der Waals surface area contributed by atoms with E-state index in [0.717, 1.165) is 31.2 Å². The normalized spacial score (nSPS) is 28.2. The average molecular weight is 446 g/mol. The van der Waals surface area contributed by atoms with Crippen LogP contribution in [0.1, 0.15) is 64.5 Å². The monoisotopic (exact) mass is 445 g/mol. The van der Waals surface area contributed by atoms with Crippen LogP contribution in [0.15, 0.2) is 48.5 Å². The molecule has 3 heterocycles. The fourth-order valence-electron chi connectivity index (χ4n) is 6.18. The zero-order valence-corrected chi connectivity index (χ0v) is 18.4. The molecule has 170 valence electrons. The second-order valence-corrected chi connectivity index (χ2v) is 9.72. The number of carbonyl (C=O) groups is 3. The molecule has 2 aromatic rings. The summed E-state index contributed by atoms with van der Waals surface area (Å²) in [5.74, 6) is -0.437. The Morgan fingerprint density at radius 2 is 1.73 bits per heavy atom. The number of fused-ring (bicyclic) bond motifs is 6. The standard InChI is InChI=1S/C26H27N3O4/c30-22(27-14-13-26(33)12-6-5-7-17(26)15-27)16-28-23-18-8-1-2-9-19(18)25(32)29(23)21-11-4-3-10-20(21)24(28)31/h1-4,8-11,17,23,33H,5-7,12-16H2/t17-,23+,26-/m0/s1. The number of nitrogens with zero attached hydrogens (tertiary/aromatic N) is 3. The average Bonchev–Trinajstić information content (AvgIpc) is 3.13. The SMILES string of the molecule is O=C(CN1C(=O)c2ccccc2N2C(=O)c3ccccc3[C@H]12)N1CC[C@@]2(O)CCCC[C@H]2C1. The lowest BCUT2D eigenvalue weighted by Gasteiger charge is -2.48. The van der Waals surface area contributed by atoms with Gasteiger partial charge in [-0.05, 0) is 37.5 Å². The minimum Gasteiger partial charge on any atom is -0.389 e. The van der Waals surface area contributed by atoms with Gasteiger partial charge in [-0.2, -0.15) is 0 Å². The van der Waals surface area contributed by atoms with Crippen LogP contribution in [0.2, 0.25) is 0 Å². The fraction of sp³-hybridized carbons (Fsp3) is 0.423. The molecule has 3 amide bonds. The first-order valence-electron chi connectivity index (χ1n) is 11.8. The zero-order valence-electron chi connectivity index (χ0n) is 18.4. The van der Waals surface area contributed by atoms with Crippen LogP contribution in [0.5, 0.6) is 0 Å². The van der Waals surface area contributed by atoms with E-state index in [0.29, 0.717) is 36.3 Å². The van der Waals surface area contributed by atoms with Crippen molar-refractivity contribution in [3.63, 3.8) is 0 Å². The summed E-state index contributed by atoms with van der Waals surface area (Å²) in [5.41, 5.74) is 1.67. The first kappa shape index (κ1) is 20.4. The van der Waals surface area contributed by atoms with Crippen molar-refractivity contribution in [2.45, 2.75) is 43.9 Å². The third kappa shape index (κ3) is 3.02. The molecule has 4 aliphatic rings. The molecule has 0 bridgehead atoms. The molecular weight excluding hydrogens is 418 g/mol. The van der Waals surface area contributed by atoms with Gasteiger partial charge in [-0.3, -0.25) is 19.3 Å². The summed E-state index contributed by atoms with van der Waals surface area (Å²) in [6.07, 6.45) is 3.79. The molecule has 7 heteroatoms. The number of para-hydroxylation sites is 1. The molecule has 33 heavy (non-hydrogen) atoms. The Labute approximate surface area is 192 Å². The van der Waals surface area contributed by atoms with E-state index in [4.69, 9.17) is 0 Å². The van der Waals surface area contributed by atoms with Crippen molar-refractivity contribution in [3.8, 4) is 0 Å². The van der Waals surface area contributed by atoms with Crippen molar-refractivity contribution in [2.24, 2.45) is 5.92 Å². The Hall–Kier alpha value is -3.19. The molecule has 0 unspecified atom stereocenters. The van der Waals surface area contributed by atoms with Crippen LogP contribution in [0.25, 0.3) is 0 Å². The van der Waals surface area contributed by atoms with Crippen molar-refractivity contribution in [2.75, 3.05) is 24.5 Å². The second kappa shape index (κ2) is 7.42. The number of anilines is 1. The smallest absolute Gasteiger partial charge is 0.260 e. The van der Waals surface area contributed by atoms with Gasteiger partial charge in [0.2, 0.25) is 5.91 Å². The largest absolute Gasteiger partial charge is 0.389 e. The van der Waals surface area contributed by atoms with Crippen LogP contribution in [0, 0.1) is 5.92 Å². The van der Waals surface area contributed by atoms with Crippen molar-refractivity contribution in [1.29, 1.82) is 0 Å². The Morgan fingerprint density at radius 3 is 2.58 bits per heavy atom. The highest BCUT2D eigenvalue weighted by Gasteiger charge is 2.49. The van der Waals surface area contributed by atoms with Gasteiger partial charge in [0.1, 0.15) is 12.7 Å². The molecule has 1 saturated carbocycles. The lowest BCUT2D eigenvalue weighted by molar-refractivity contribution is -0.144. The van der Waals surface area contributed by atoms with E-state index in [9.17, 15) is 19.5 Å². The minimum atomic E-state index is -0.664. The quantitative estimate of drug-likeness (QED) is 0.771. The van der Waals surface area contributed by atoms with Crippen molar-refractivity contribution in [3.05, 3.63) is 65.2 Å². The predicted octanol–water partition coefficient (Wildman–Crippen LogP) is 2.96. The van der Waals surface area contributed by atoms with E-state index in [-0.39, 0.29) is 30.2 Å². The zero-order chi connectivity index (χ0) is 22.7. The minimum absolute atomic E-state index is 0.0898. The van der Waals surface area contributed by atoms with Crippen LogP contribution < -0.4 is 4.90 Å². The van der Waals surface area contributed by atoms with Crippen molar-refractivity contribution >= 4 is 23.4 Å². The molecule has 0 aromatic heterocycles. The molecule has 2 fully saturated rings. The number of aliphatic hydroxyl groups is 1. The third-order valence-corrected chi connectivity index (χ3v) is 7.97. The number of hydrogen-bond donors (Lipinski definition) is 1. The van der Waals surface area contributed by atoms with Gasteiger partial charge in [0.05, 0.1) is 16.9 Å². The third-order valence-electron chi connectivity index (χ3n) is 7.97. The highest BCUT2D eigenvalue weighted by atomic mass is 16.3. The van der Waals surface area contributed by atoms with Gasteiger partial charge in [0.15, 0.2) is 0 Å². The number of carbonyl (C=O) groups excluding carboxylic acids is 3. The first-order valence-corrected chi connectivity index (χ1v) is 11.8. The van der Waals surface area contributed by atoms with Gasteiger partial charge < -0.3 is 14.9 Å². The Morgan fingerprint density at radius 1 is 0.970 bits per heavy atom. The van der Waals surface area contributed by atoms with Gasteiger partial charge in [-0.25, -0.2) is 0 Å². The van der Waals surface area contributed by atoms with E-state index in [1.54, 1.807) is 34.1 Å². The maximum atomic E-state index is 13.6. The first-order chi connectivity index (χ1) is 16.0. The predicted molar refractivity (Wildman–Crippen MR) is 122 cm³/mol. The van der Waals surface area contributed by atoms with Gasteiger partial charge in [0.25, 0.3) is 11.8 Å². The van der Waals surface area contributed by atoms with Crippen molar-refractivity contribution < 1.29 is 19.5 Å². The molecule has 3 atom stereocenters. The molecular formula is C26H27N3O4. The molecule has 0 radical (unpaired) electrons. The topological polar surface area (TPSA) is 81.2 Å². The van der Waals surface area contributed by atoms with Crippen molar-refractivity contribution in [1.82, 2.24) is 9.80 Å². The molecule has 2 aromatic carbocycles. The highest BCUT2D eigenvalue weighted by Crippen LogP contribution is 2.45. The van der Waals surface area contributed by atoms with E-state index < -0.39 is 11.8 Å². The summed E-state index contributed by atoms with van der Waals surface area (Å²) in [7, 11) is 0. The van der Waals surface area contributed by atoms with E-state index in [1.165, 1.54) is 4.90 Å². The van der Waals surface area contributed by atoms with Gasteiger partial charge in [-0.1, -0.05) is 43.2 Å². The van der Waals surface area contributed by atoms with E-state index in [2.05, 4.69) is 0 Å². The number of piperidine rings is 1. The van der Waals surface area contributed by atoms with Crippen LogP contribution in [0.4, 0.5) is 5.69 Å². The molecule has 0 spiro atoms. The molecule has 6 rings (SSSR count). The van der Waals surface area contributed by atoms with E-state index >= 15 is 0 Å². The summed E-state index contributed by atoms with van der Waals surface area (Å²) in [6, 6.07) is 14.4. The van der Waals surface area contributed by atoms with Crippen LogP contribution >= 0.6 is 0 Å². The lowest BCUT2D eigenvalue weighted by atomic mass is 9.71. The maximum Gasteiger partial charge on any atom is 0.260 e.